The number of amides is 1. The number of imidazole rings is 1. The normalized spacial score (nSPS) is 16.7. The van der Waals surface area contributed by atoms with Gasteiger partial charge in [0.15, 0.2) is 0 Å². The summed E-state index contributed by atoms with van der Waals surface area (Å²) in [7, 11) is 0. The standard InChI is InChI=1S/C20H22N4O2/c25-18(16-4-2-1-3-5-16)15-22-10-12-23(13-11-22)20(26)17-6-7-19-21-8-9-24(19)14-17/h1-9,14,18,25H,10-13,15H2. The fourth-order valence-corrected chi connectivity index (χ4v) is 3.39. The topological polar surface area (TPSA) is 61.1 Å². The number of nitrogens with zero attached hydrogens (tertiary/aromatic N) is 4. The Labute approximate surface area is 152 Å². The molecule has 1 atom stereocenters. The van der Waals surface area contributed by atoms with Crippen LogP contribution in [0.4, 0.5) is 0 Å². The van der Waals surface area contributed by atoms with E-state index < -0.39 is 6.10 Å². The highest BCUT2D eigenvalue weighted by atomic mass is 16.3. The number of fused-ring (bicyclic) bond motifs is 1. The maximum Gasteiger partial charge on any atom is 0.255 e. The fourth-order valence-electron chi connectivity index (χ4n) is 3.39. The molecule has 0 spiro atoms. The highest BCUT2D eigenvalue weighted by Gasteiger charge is 2.24. The van der Waals surface area contributed by atoms with Gasteiger partial charge in [0.25, 0.3) is 5.91 Å². The van der Waals surface area contributed by atoms with E-state index in [-0.39, 0.29) is 5.91 Å². The molecule has 1 fully saturated rings. The maximum atomic E-state index is 12.7. The van der Waals surface area contributed by atoms with Crippen LogP contribution in [0, 0.1) is 0 Å². The first-order valence-corrected chi connectivity index (χ1v) is 8.88. The first-order valence-electron chi connectivity index (χ1n) is 8.88. The van der Waals surface area contributed by atoms with E-state index in [4.69, 9.17) is 0 Å². The summed E-state index contributed by atoms with van der Waals surface area (Å²) in [6.07, 6.45) is 4.90. The number of hydrogen-bond donors (Lipinski definition) is 1. The number of carbonyl (C=O) groups excluding carboxylic acids is 1. The minimum absolute atomic E-state index is 0.0452. The number of β-amino-alcohol motifs (C(OH)–C–C–N with tert-alkyl or cyclic N) is 1. The lowest BCUT2D eigenvalue weighted by Gasteiger charge is -2.35. The van der Waals surface area contributed by atoms with E-state index in [2.05, 4.69) is 9.88 Å². The van der Waals surface area contributed by atoms with Crippen LogP contribution in [-0.2, 0) is 0 Å². The first kappa shape index (κ1) is 16.8. The second-order valence-corrected chi connectivity index (χ2v) is 6.63. The van der Waals surface area contributed by atoms with E-state index in [1.807, 2.05) is 64.2 Å². The molecule has 1 unspecified atom stereocenters. The van der Waals surface area contributed by atoms with Crippen molar-refractivity contribution in [3.8, 4) is 0 Å². The van der Waals surface area contributed by atoms with Crippen molar-refractivity contribution in [3.05, 3.63) is 72.2 Å². The summed E-state index contributed by atoms with van der Waals surface area (Å²) < 4.78 is 1.86. The molecule has 1 amide bonds. The quantitative estimate of drug-likeness (QED) is 0.780. The van der Waals surface area contributed by atoms with Crippen LogP contribution in [0.1, 0.15) is 22.0 Å². The number of benzene rings is 1. The van der Waals surface area contributed by atoms with Crippen molar-refractivity contribution in [2.45, 2.75) is 6.10 Å². The van der Waals surface area contributed by atoms with Crippen molar-refractivity contribution in [1.29, 1.82) is 0 Å². The van der Waals surface area contributed by atoms with Gasteiger partial charge < -0.3 is 14.4 Å². The first-order chi connectivity index (χ1) is 12.7. The van der Waals surface area contributed by atoms with Crippen molar-refractivity contribution in [1.82, 2.24) is 19.2 Å². The molecule has 6 nitrogen and oxygen atoms in total. The Hall–Kier alpha value is -2.70. The second kappa shape index (κ2) is 7.27. The van der Waals surface area contributed by atoms with Gasteiger partial charge in [-0.1, -0.05) is 30.3 Å². The number of carbonyl (C=O) groups is 1. The number of hydrogen-bond acceptors (Lipinski definition) is 4. The van der Waals surface area contributed by atoms with Crippen LogP contribution in [0.3, 0.4) is 0 Å². The third kappa shape index (κ3) is 3.47. The number of aliphatic hydroxyl groups is 1. The summed E-state index contributed by atoms with van der Waals surface area (Å²) in [5.74, 6) is 0.0452. The molecule has 26 heavy (non-hydrogen) atoms. The molecule has 134 valence electrons. The van der Waals surface area contributed by atoms with Crippen LogP contribution in [0.15, 0.2) is 61.1 Å². The number of pyridine rings is 1. The zero-order chi connectivity index (χ0) is 17.9. The number of rotatable bonds is 4. The van der Waals surface area contributed by atoms with Crippen molar-refractivity contribution < 1.29 is 9.90 Å². The predicted molar refractivity (Wildman–Crippen MR) is 98.9 cm³/mol. The molecule has 4 rings (SSSR count). The van der Waals surface area contributed by atoms with Crippen molar-refractivity contribution >= 4 is 11.6 Å². The molecular weight excluding hydrogens is 328 g/mol. The molecule has 1 saturated heterocycles. The molecule has 3 aromatic rings. The lowest BCUT2D eigenvalue weighted by molar-refractivity contribution is 0.0527. The average molecular weight is 350 g/mol. The number of aromatic nitrogens is 2. The van der Waals surface area contributed by atoms with Crippen molar-refractivity contribution in [2.24, 2.45) is 0 Å². The van der Waals surface area contributed by atoms with Crippen LogP contribution in [0.2, 0.25) is 0 Å². The maximum absolute atomic E-state index is 12.7. The Kier molecular flexibility index (Phi) is 4.69. The lowest BCUT2D eigenvalue weighted by atomic mass is 10.1. The highest BCUT2D eigenvalue weighted by Crippen LogP contribution is 2.16. The van der Waals surface area contributed by atoms with Crippen LogP contribution < -0.4 is 0 Å². The Morgan fingerprint density at radius 2 is 1.85 bits per heavy atom. The van der Waals surface area contributed by atoms with Gasteiger partial charge in [0, 0.05) is 51.3 Å². The third-order valence-electron chi connectivity index (χ3n) is 4.91. The Balaban J connectivity index is 1.35. The molecule has 1 aliphatic rings. The lowest BCUT2D eigenvalue weighted by Crippen LogP contribution is -2.49. The van der Waals surface area contributed by atoms with E-state index in [9.17, 15) is 9.90 Å². The minimum atomic E-state index is -0.498. The summed E-state index contributed by atoms with van der Waals surface area (Å²) >= 11 is 0. The van der Waals surface area contributed by atoms with Gasteiger partial charge in [-0.25, -0.2) is 4.98 Å². The molecule has 3 heterocycles. The molecule has 1 N–H and O–H groups in total. The molecule has 6 heteroatoms. The molecule has 2 aromatic heterocycles. The number of piperazine rings is 1. The van der Waals surface area contributed by atoms with E-state index >= 15 is 0 Å². The summed E-state index contributed by atoms with van der Waals surface area (Å²) in [6, 6.07) is 13.4. The SMILES string of the molecule is O=C(c1ccc2nccn2c1)N1CCN(CC(O)c2ccccc2)CC1. The zero-order valence-electron chi connectivity index (χ0n) is 14.5. The highest BCUT2D eigenvalue weighted by molar-refractivity contribution is 5.94. The van der Waals surface area contributed by atoms with Gasteiger partial charge in [-0.05, 0) is 17.7 Å². The largest absolute Gasteiger partial charge is 0.387 e. The number of aliphatic hydroxyl groups excluding tert-OH is 1. The summed E-state index contributed by atoms with van der Waals surface area (Å²) in [5.41, 5.74) is 2.44. The summed E-state index contributed by atoms with van der Waals surface area (Å²) in [6.45, 7) is 3.46. The predicted octanol–water partition coefficient (Wildman–Crippen LogP) is 1.83. The van der Waals surface area contributed by atoms with Crippen LogP contribution in [0.5, 0.6) is 0 Å². The van der Waals surface area contributed by atoms with Crippen molar-refractivity contribution in [3.63, 3.8) is 0 Å². The minimum Gasteiger partial charge on any atom is -0.387 e. The fraction of sp³-hybridized carbons (Fsp3) is 0.300. The molecule has 0 radical (unpaired) electrons. The van der Waals surface area contributed by atoms with Crippen LogP contribution >= 0.6 is 0 Å². The smallest absolute Gasteiger partial charge is 0.255 e. The van der Waals surface area contributed by atoms with Gasteiger partial charge >= 0.3 is 0 Å². The van der Waals surface area contributed by atoms with E-state index in [0.717, 1.165) is 24.3 Å². The molecule has 1 aromatic carbocycles. The van der Waals surface area contributed by atoms with Gasteiger partial charge in [-0.15, -0.1) is 0 Å². The van der Waals surface area contributed by atoms with Gasteiger partial charge in [0.1, 0.15) is 5.65 Å². The average Bonchev–Trinajstić information content (AvgIpc) is 3.16. The van der Waals surface area contributed by atoms with Gasteiger partial charge in [0.05, 0.1) is 11.7 Å². The molecule has 0 saturated carbocycles. The van der Waals surface area contributed by atoms with E-state index in [1.54, 1.807) is 6.20 Å². The molecular formula is C20H22N4O2. The Morgan fingerprint density at radius 3 is 2.62 bits per heavy atom. The van der Waals surface area contributed by atoms with Crippen LogP contribution in [0.25, 0.3) is 5.65 Å². The summed E-state index contributed by atoms with van der Waals surface area (Å²) in [5, 5.41) is 10.4. The summed E-state index contributed by atoms with van der Waals surface area (Å²) in [4.78, 5) is 21.0. The van der Waals surface area contributed by atoms with Crippen LogP contribution in [-0.4, -0.2) is 62.9 Å². The Morgan fingerprint density at radius 1 is 1.08 bits per heavy atom. The van der Waals surface area contributed by atoms with Gasteiger partial charge in [-0.3, -0.25) is 9.69 Å². The second-order valence-electron chi connectivity index (χ2n) is 6.63. The van der Waals surface area contributed by atoms with Gasteiger partial charge in [-0.2, -0.15) is 0 Å². The molecule has 0 aliphatic carbocycles. The van der Waals surface area contributed by atoms with Gasteiger partial charge in [0.2, 0.25) is 0 Å². The monoisotopic (exact) mass is 350 g/mol. The van der Waals surface area contributed by atoms with Crippen molar-refractivity contribution in [2.75, 3.05) is 32.7 Å². The Bertz CT molecular complexity index is 885. The zero-order valence-corrected chi connectivity index (χ0v) is 14.5. The third-order valence-corrected chi connectivity index (χ3v) is 4.91. The van der Waals surface area contributed by atoms with E-state index in [1.165, 1.54) is 0 Å². The molecule has 0 bridgehead atoms. The van der Waals surface area contributed by atoms with E-state index in [0.29, 0.717) is 25.2 Å². The molecule has 1 aliphatic heterocycles.